The Labute approximate surface area is 106 Å². The maximum atomic E-state index is 11.8. The number of anilines is 1. The van der Waals surface area contributed by atoms with Crippen molar-refractivity contribution in [2.45, 2.75) is 19.3 Å². The minimum atomic E-state index is -0.152. The smallest absolute Gasteiger partial charge is 0.336 e. The van der Waals surface area contributed by atoms with Gasteiger partial charge in [-0.2, -0.15) is 4.98 Å². The van der Waals surface area contributed by atoms with E-state index in [9.17, 15) is 4.79 Å². The van der Waals surface area contributed by atoms with Crippen LogP contribution in [-0.2, 0) is 0 Å². The van der Waals surface area contributed by atoms with E-state index in [-0.39, 0.29) is 6.03 Å². The van der Waals surface area contributed by atoms with Crippen molar-refractivity contribution in [3.05, 3.63) is 12.3 Å². The highest BCUT2D eigenvalue weighted by atomic mass is 16.5. The lowest BCUT2D eigenvalue weighted by Crippen LogP contribution is -2.45. The summed E-state index contributed by atoms with van der Waals surface area (Å²) in [6, 6.07) is 1.48. The zero-order valence-corrected chi connectivity index (χ0v) is 10.3. The second kappa shape index (κ2) is 6.04. The summed E-state index contributed by atoms with van der Waals surface area (Å²) in [6.45, 7) is 1.60. The second-order valence-corrected chi connectivity index (χ2v) is 4.03. The van der Waals surface area contributed by atoms with Crippen LogP contribution in [0.4, 0.5) is 10.7 Å². The normalized spacial score (nSPS) is 15.1. The van der Waals surface area contributed by atoms with Crippen molar-refractivity contribution in [1.82, 2.24) is 20.3 Å². The van der Waals surface area contributed by atoms with Gasteiger partial charge in [-0.15, -0.1) is 0 Å². The standard InChI is InChI=1S/C11H17N5O2/c1-18-9-5-6-12-10(13-9)14-15-11(17)16-7-3-2-4-8-16/h5-6H,2-4,7-8H2,1H3,(H,15,17)(H,12,13,14). The summed E-state index contributed by atoms with van der Waals surface area (Å²) in [6.07, 6.45) is 4.86. The van der Waals surface area contributed by atoms with Crippen LogP contribution in [0.15, 0.2) is 12.3 Å². The number of aromatic nitrogens is 2. The number of carbonyl (C=O) groups is 1. The van der Waals surface area contributed by atoms with E-state index in [0.717, 1.165) is 25.9 Å². The van der Waals surface area contributed by atoms with E-state index in [1.165, 1.54) is 13.5 Å². The number of methoxy groups -OCH3 is 1. The molecule has 1 aromatic heterocycles. The average Bonchev–Trinajstić information content (AvgIpc) is 2.46. The quantitative estimate of drug-likeness (QED) is 0.784. The fraction of sp³-hybridized carbons (Fsp3) is 0.545. The van der Waals surface area contributed by atoms with Crippen molar-refractivity contribution in [3.8, 4) is 5.88 Å². The molecule has 2 amide bonds. The number of nitrogens with one attached hydrogen (secondary N) is 2. The van der Waals surface area contributed by atoms with Crippen LogP contribution in [0.25, 0.3) is 0 Å². The monoisotopic (exact) mass is 251 g/mol. The summed E-state index contributed by atoms with van der Waals surface area (Å²) in [5.41, 5.74) is 5.25. The van der Waals surface area contributed by atoms with E-state index < -0.39 is 0 Å². The fourth-order valence-corrected chi connectivity index (χ4v) is 1.80. The Kier molecular flexibility index (Phi) is 4.16. The van der Waals surface area contributed by atoms with Gasteiger partial charge in [0.05, 0.1) is 7.11 Å². The predicted molar refractivity (Wildman–Crippen MR) is 66.2 cm³/mol. The van der Waals surface area contributed by atoms with Crippen molar-refractivity contribution in [1.29, 1.82) is 0 Å². The Bertz CT molecular complexity index is 406. The molecule has 0 aliphatic carbocycles. The van der Waals surface area contributed by atoms with Gasteiger partial charge in [0.1, 0.15) is 0 Å². The molecule has 98 valence electrons. The number of nitrogens with zero attached hydrogens (tertiary/aromatic N) is 3. The molecular weight excluding hydrogens is 234 g/mol. The third-order valence-electron chi connectivity index (χ3n) is 2.76. The molecule has 0 atom stereocenters. The first-order valence-corrected chi connectivity index (χ1v) is 5.97. The summed E-state index contributed by atoms with van der Waals surface area (Å²) >= 11 is 0. The number of likely N-dealkylation sites (tertiary alicyclic amines) is 1. The Morgan fingerprint density at radius 1 is 1.39 bits per heavy atom. The van der Waals surface area contributed by atoms with Gasteiger partial charge in [0.15, 0.2) is 0 Å². The number of amides is 2. The molecule has 0 unspecified atom stereocenters. The maximum absolute atomic E-state index is 11.8. The Balaban J connectivity index is 1.84. The molecule has 0 radical (unpaired) electrons. The lowest BCUT2D eigenvalue weighted by molar-refractivity contribution is 0.188. The number of hydrogen-bond acceptors (Lipinski definition) is 5. The third-order valence-corrected chi connectivity index (χ3v) is 2.76. The summed E-state index contributed by atoms with van der Waals surface area (Å²) in [4.78, 5) is 21.6. The summed E-state index contributed by atoms with van der Waals surface area (Å²) in [7, 11) is 1.53. The summed E-state index contributed by atoms with van der Waals surface area (Å²) < 4.78 is 4.96. The van der Waals surface area contributed by atoms with Gasteiger partial charge in [-0.3, -0.25) is 5.43 Å². The number of urea groups is 1. The van der Waals surface area contributed by atoms with Gasteiger partial charge in [-0.25, -0.2) is 15.2 Å². The van der Waals surface area contributed by atoms with Crippen molar-refractivity contribution >= 4 is 12.0 Å². The van der Waals surface area contributed by atoms with Crippen molar-refractivity contribution in [2.24, 2.45) is 0 Å². The molecule has 7 nitrogen and oxygen atoms in total. The SMILES string of the molecule is COc1ccnc(NNC(=O)N2CCCCC2)n1. The highest BCUT2D eigenvalue weighted by Crippen LogP contribution is 2.09. The molecule has 0 bridgehead atoms. The predicted octanol–water partition coefficient (Wildman–Crippen LogP) is 1.01. The largest absolute Gasteiger partial charge is 0.481 e. The van der Waals surface area contributed by atoms with Crippen LogP contribution >= 0.6 is 0 Å². The fourth-order valence-electron chi connectivity index (χ4n) is 1.80. The molecular formula is C11H17N5O2. The van der Waals surface area contributed by atoms with E-state index in [2.05, 4.69) is 20.8 Å². The second-order valence-electron chi connectivity index (χ2n) is 4.03. The van der Waals surface area contributed by atoms with E-state index >= 15 is 0 Å². The van der Waals surface area contributed by atoms with Crippen LogP contribution in [0.1, 0.15) is 19.3 Å². The lowest BCUT2D eigenvalue weighted by Gasteiger charge is -2.26. The Morgan fingerprint density at radius 2 is 2.17 bits per heavy atom. The lowest BCUT2D eigenvalue weighted by atomic mass is 10.1. The minimum Gasteiger partial charge on any atom is -0.481 e. The molecule has 7 heteroatoms. The summed E-state index contributed by atoms with van der Waals surface area (Å²) in [5, 5.41) is 0. The number of piperidine rings is 1. The summed E-state index contributed by atoms with van der Waals surface area (Å²) in [5.74, 6) is 0.749. The van der Waals surface area contributed by atoms with Crippen molar-refractivity contribution in [3.63, 3.8) is 0 Å². The molecule has 0 aromatic carbocycles. The van der Waals surface area contributed by atoms with Gasteiger partial charge in [0, 0.05) is 25.4 Å². The van der Waals surface area contributed by atoms with Crippen LogP contribution in [-0.4, -0.2) is 41.1 Å². The topological polar surface area (TPSA) is 79.4 Å². The van der Waals surface area contributed by atoms with Crippen LogP contribution in [0.2, 0.25) is 0 Å². The van der Waals surface area contributed by atoms with Gasteiger partial charge in [-0.1, -0.05) is 0 Å². The van der Waals surface area contributed by atoms with Crippen LogP contribution < -0.4 is 15.6 Å². The van der Waals surface area contributed by atoms with Crippen molar-refractivity contribution in [2.75, 3.05) is 25.6 Å². The number of hydrazine groups is 1. The van der Waals surface area contributed by atoms with Crippen LogP contribution in [0.3, 0.4) is 0 Å². The van der Waals surface area contributed by atoms with Crippen LogP contribution in [0, 0.1) is 0 Å². The molecule has 1 aliphatic rings. The first kappa shape index (κ1) is 12.4. The molecule has 1 fully saturated rings. The van der Waals surface area contributed by atoms with Crippen LogP contribution in [0.5, 0.6) is 5.88 Å². The zero-order chi connectivity index (χ0) is 12.8. The molecule has 1 aromatic rings. The molecule has 1 saturated heterocycles. The van der Waals surface area contributed by atoms with Gasteiger partial charge in [0.25, 0.3) is 0 Å². The average molecular weight is 251 g/mol. The molecule has 1 aliphatic heterocycles. The first-order chi connectivity index (χ1) is 8.79. The van der Waals surface area contributed by atoms with Crippen molar-refractivity contribution < 1.29 is 9.53 Å². The van der Waals surface area contributed by atoms with Gasteiger partial charge in [0.2, 0.25) is 11.8 Å². The third kappa shape index (κ3) is 3.22. The number of ether oxygens (including phenoxy) is 1. The highest BCUT2D eigenvalue weighted by Gasteiger charge is 2.15. The van der Waals surface area contributed by atoms with E-state index in [1.807, 2.05) is 0 Å². The zero-order valence-electron chi connectivity index (χ0n) is 10.3. The Morgan fingerprint density at radius 3 is 2.89 bits per heavy atom. The molecule has 2 N–H and O–H groups in total. The molecule has 0 saturated carbocycles. The molecule has 0 spiro atoms. The molecule has 18 heavy (non-hydrogen) atoms. The van der Waals surface area contributed by atoms with E-state index in [0.29, 0.717) is 11.8 Å². The van der Waals surface area contributed by atoms with E-state index in [1.54, 1.807) is 17.2 Å². The Hall–Kier alpha value is -2.05. The minimum absolute atomic E-state index is 0.152. The number of rotatable bonds is 3. The number of hydrogen-bond donors (Lipinski definition) is 2. The highest BCUT2D eigenvalue weighted by molar-refractivity contribution is 5.75. The van der Waals surface area contributed by atoms with Gasteiger partial charge < -0.3 is 9.64 Å². The molecule has 2 heterocycles. The number of carbonyl (C=O) groups excluding carboxylic acids is 1. The maximum Gasteiger partial charge on any atom is 0.336 e. The van der Waals surface area contributed by atoms with Gasteiger partial charge >= 0.3 is 6.03 Å². The van der Waals surface area contributed by atoms with E-state index in [4.69, 9.17) is 4.74 Å². The molecule has 2 rings (SSSR count). The van der Waals surface area contributed by atoms with Gasteiger partial charge in [-0.05, 0) is 19.3 Å². The first-order valence-electron chi connectivity index (χ1n) is 5.97.